The largest absolute Gasteiger partial charge is 0.373 e. The zero-order valence-corrected chi connectivity index (χ0v) is 11.9. The van der Waals surface area contributed by atoms with Gasteiger partial charge in [-0.1, -0.05) is 0 Å². The Morgan fingerprint density at radius 1 is 1.11 bits per heavy atom. The average molecular weight is 263 g/mol. The molecule has 2 N–H and O–H groups in total. The van der Waals surface area contributed by atoms with Gasteiger partial charge in [0, 0.05) is 23.7 Å². The first-order valence-electron chi connectivity index (χ1n) is 5.78. The Labute approximate surface area is 111 Å². The first kappa shape index (κ1) is 12.8. The molecule has 0 fully saturated rings. The summed E-state index contributed by atoms with van der Waals surface area (Å²) in [6.07, 6.45) is 0. The first-order valence-corrected chi connectivity index (χ1v) is 6.66. The summed E-state index contributed by atoms with van der Waals surface area (Å²) in [6, 6.07) is 0. The van der Waals surface area contributed by atoms with E-state index >= 15 is 0 Å². The van der Waals surface area contributed by atoms with Crippen molar-refractivity contribution < 1.29 is 0 Å². The van der Waals surface area contributed by atoms with Crippen molar-refractivity contribution >= 4 is 23.0 Å². The molecule has 0 aromatic carbocycles. The molecule has 0 bridgehead atoms. The summed E-state index contributed by atoms with van der Waals surface area (Å²) in [4.78, 5) is 13.2. The lowest BCUT2D eigenvalue weighted by atomic mass is 10.3. The maximum Gasteiger partial charge on any atom is 0.135 e. The van der Waals surface area contributed by atoms with Crippen molar-refractivity contribution in [3.63, 3.8) is 0 Å². The van der Waals surface area contributed by atoms with Gasteiger partial charge in [0.15, 0.2) is 0 Å². The number of thiazole rings is 1. The van der Waals surface area contributed by atoms with Crippen LogP contribution in [0.3, 0.4) is 0 Å². The Hall–Kier alpha value is -1.69. The van der Waals surface area contributed by atoms with Crippen molar-refractivity contribution in [3.05, 3.63) is 27.5 Å². The van der Waals surface area contributed by atoms with Crippen molar-refractivity contribution in [2.24, 2.45) is 0 Å². The zero-order chi connectivity index (χ0) is 13.1. The normalized spacial score (nSPS) is 10.4. The monoisotopic (exact) mass is 263 g/mol. The lowest BCUT2D eigenvalue weighted by Crippen LogP contribution is -2.08. The molecule has 0 aliphatic carbocycles. The number of hydrogen-bond acceptors (Lipinski definition) is 6. The summed E-state index contributed by atoms with van der Waals surface area (Å²) in [5.41, 5.74) is 2.08. The summed E-state index contributed by atoms with van der Waals surface area (Å²) >= 11 is 1.66. The number of rotatable bonds is 4. The molecule has 6 heteroatoms. The van der Waals surface area contributed by atoms with Crippen LogP contribution in [0.1, 0.15) is 22.1 Å². The number of aryl methyl sites for hydroxylation is 2. The fraction of sp³-hybridized carbons (Fsp3) is 0.417. The third-order valence-corrected chi connectivity index (χ3v) is 3.53. The number of nitrogens with one attached hydrogen (secondary N) is 2. The Balaban J connectivity index is 2.16. The molecule has 0 unspecified atom stereocenters. The smallest absolute Gasteiger partial charge is 0.135 e. The Kier molecular flexibility index (Phi) is 3.76. The molecule has 0 aliphatic heterocycles. The lowest BCUT2D eigenvalue weighted by molar-refractivity contribution is 0.993. The summed E-state index contributed by atoms with van der Waals surface area (Å²) < 4.78 is 0. The van der Waals surface area contributed by atoms with Crippen molar-refractivity contribution in [1.82, 2.24) is 15.0 Å². The van der Waals surface area contributed by atoms with Crippen LogP contribution >= 0.6 is 11.3 Å². The second-order valence-electron chi connectivity index (χ2n) is 4.08. The van der Waals surface area contributed by atoms with Crippen LogP contribution in [-0.4, -0.2) is 22.0 Å². The quantitative estimate of drug-likeness (QED) is 0.887. The number of aromatic nitrogens is 3. The van der Waals surface area contributed by atoms with Gasteiger partial charge in [0.1, 0.15) is 22.5 Å². The minimum atomic E-state index is 0.693. The molecule has 0 spiro atoms. The van der Waals surface area contributed by atoms with Gasteiger partial charge in [-0.3, -0.25) is 0 Å². The van der Waals surface area contributed by atoms with Crippen molar-refractivity contribution in [3.8, 4) is 0 Å². The van der Waals surface area contributed by atoms with Crippen LogP contribution in [0.25, 0.3) is 0 Å². The van der Waals surface area contributed by atoms with Gasteiger partial charge in [0.05, 0.1) is 6.54 Å². The highest BCUT2D eigenvalue weighted by atomic mass is 32.1. The number of hydrogen-bond donors (Lipinski definition) is 2. The van der Waals surface area contributed by atoms with E-state index in [2.05, 4.69) is 25.6 Å². The molecular weight excluding hydrogens is 246 g/mol. The van der Waals surface area contributed by atoms with Crippen molar-refractivity contribution in [2.75, 3.05) is 17.7 Å². The summed E-state index contributed by atoms with van der Waals surface area (Å²) in [5, 5.41) is 9.50. The highest BCUT2D eigenvalue weighted by Gasteiger charge is 2.08. The molecule has 0 atom stereocenters. The topological polar surface area (TPSA) is 62.7 Å². The summed E-state index contributed by atoms with van der Waals surface area (Å²) in [6.45, 7) is 6.58. The van der Waals surface area contributed by atoms with Gasteiger partial charge in [-0.05, 0) is 20.8 Å². The third kappa shape index (κ3) is 2.76. The highest BCUT2D eigenvalue weighted by Crippen LogP contribution is 2.20. The van der Waals surface area contributed by atoms with E-state index in [1.807, 2.05) is 33.2 Å². The summed E-state index contributed by atoms with van der Waals surface area (Å²) in [5.74, 6) is 2.47. The van der Waals surface area contributed by atoms with Crippen LogP contribution in [0.2, 0.25) is 0 Å². The molecule has 18 heavy (non-hydrogen) atoms. The molecular formula is C12H17N5S. The van der Waals surface area contributed by atoms with Crippen LogP contribution in [0, 0.1) is 20.8 Å². The molecule has 0 radical (unpaired) electrons. The predicted molar refractivity (Wildman–Crippen MR) is 75.2 cm³/mol. The molecule has 96 valence electrons. The van der Waals surface area contributed by atoms with E-state index in [1.54, 1.807) is 11.3 Å². The average Bonchev–Trinajstić information content (AvgIpc) is 2.75. The van der Waals surface area contributed by atoms with Gasteiger partial charge < -0.3 is 10.6 Å². The minimum Gasteiger partial charge on any atom is -0.373 e. The Morgan fingerprint density at radius 3 is 2.44 bits per heavy atom. The van der Waals surface area contributed by atoms with Crippen LogP contribution in [0.4, 0.5) is 11.6 Å². The van der Waals surface area contributed by atoms with Crippen LogP contribution in [0.15, 0.2) is 5.38 Å². The molecule has 0 saturated heterocycles. The predicted octanol–water partition coefficient (Wildman–Crippen LogP) is 2.51. The lowest BCUT2D eigenvalue weighted by Gasteiger charge is -2.11. The molecule has 2 aromatic rings. The van der Waals surface area contributed by atoms with Gasteiger partial charge >= 0.3 is 0 Å². The number of nitrogens with zero attached hydrogens (tertiary/aromatic N) is 3. The first-order chi connectivity index (χ1) is 8.60. The van der Waals surface area contributed by atoms with Crippen LogP contribution in [-0.2, 0) is 6.54 Å². The second-order valence-corrected chi connectivity index (χ2v) is 5.02. The van der Waals surface area contributed by atoms with E-state index in [-0.39, 0.29) is 0 Å². The van der Waals surface area contributed by atoms with Gasteiger partial charge in [0.25, 0.3) is 0 Å². The fourth-order valence-corrected chi connectivity index (χ4v) is 2.40. The standard InChI is InChI=1S/C12H17N5S/c1-7-6-18-10(15-7)5-14-12-8(2)11(13-4)16-9(3)17-12/h6H,5H2,1-4H3,(H2,13,14,16,17). The van der Waals surface area contributed by atoms with Crippen molar-refractivity contribution in [2.45, 2.75) is 27.3 Å². The maximum absolute atomic E-state index is 4.42. The minimum absolute atomic E-state index is 0.693. The molecule has 2 rings (SSSR count). The third-order valence-electron chi connectivity index (χ3n) is 2.57. The SMILES string of the molecule is CNc1nc(C)nc(NCc2nc(C)cs2)c1C. The van der Waals surface area contributed by atoms with Crippen LogP contribution < -0.4 is 10.6 Å². The molecule has 2 heterocycles. The zero-order valence-electron chi connectivity index (χ0n) is 11.0. The van der Waals surface area contributed by atoms with E-state index in [9.17, 15) is 0 Å². The molecule has 0 aliphatic rings. The van der Waals surface area contributed by atoms with Gasteiger partial charge in [-0.25, -0.2) is 15.0 Å². The number of anilines is 2. The fourth-order valence-electron chi connectivity index (χ4n) is 1.69. The van der Waals surface area contributed by atoms with Gasteiger partial charge in [0.2, 0.25) is 0 Å². The molecule has 0 saturated carbocycles. The van der Waals surface area contributed by atoms with Crippen LogP contribution in [0.5, 0.6) is 0 Å². The van der Waals surface area contributed by atoms with E-state index in [0.717, 1.165) is 33.7 Å². The maximum atomic E-state index is 4.42. The molecule has 5 nitrogen and oxygen atoms in total. The Bertz CT molecular complexity index is 549. The van der Waals surface area contributed by atoms with Gasteiger partial charge in [-0.15, -0.1) is 11.3 Å². The Morgan fingerprint density at radius 2 is 1.83 bits per heavy atom. The molecule has 0 amide bonds. The van der Waals surface area contributed by atoms with Crippen molar-refractivity contribution in [1.29, 1.82) is 0 Å². The second kappa shape index (κ2) is 5.30. The van der Waals surface area contributed by atoms with E-state index < -0.39 is 0 Å². The van der Waals surface area contributed by atoms with E-state index in [1.165, 1.54) is 0 Å². The van der Waals surface area contributed by atoms with E-state index in [4.69, 9.17) is 0 Å². The molecule has 2 aromatic heterocycles. The van der Waals surface area contributed by atoms with E-state index in [0.29, 0.717) is 6.54 Å². The van der Waals surface area contributed by atoms with Gasteiger partial charge in [-0.2, -0.15) is 0 Å². The summed E-state index contributed by atoms with van der Waals surface area (Å²) in [7, 11) is 1.86. The highest BCUT2D eigenvalue weighted by molar-refractivity contribution is 7.09.